The van der Waals surface area contributed by atoms with Gasteiger partial charge in [0.15, 0.2) is 0 Å². The van der Waals surface area contributed by atoms with Crippen molar-refractivity contribution >= 4 is 21.6 Å². The first kappa shape index (κ1) is 15.3. The maximum atomic E-state index is 10.2. The van der Waals surface area contributed by atoms with Crippen LogP contribution in [0.15, 0.2) is 30.3 Å². The molecule has 2 aliphatic rings. The zero-order valence-electron chi connectivity index (χ0n) is 14.0. The summed E-state index contributed by atoms with van der Waals surface area (Å²) in [5.74, 6) is 1.61. The molecule has 4 nitrogen and oxygen atoms in total. The Morgan fingerprint density at radius 3 is 2.56 bits per heavy atom. The molecule has 128 valence electrons. The van der Waals surface area contributed by atoms with Crippen LogP contribution < -0.4 is 5.32 Å². The summed E-state index contributed by atoms with van der Waals surface area (Å²) in [4.78, 5) is 2.59. The molecule has 0 atom stereocenters. The third kappa shape index (κ3) is 2.71. The molecule has 0 unspecified atom stereocenters. The lowest BCUT2D eigenvalue weighted by Gasteiger charge is -2.22. The number of fused-ring (bicyclic) bond motifs is 1. The number of para-hydroxylation sites is 1. The standard InChI is InChI=1S/C20H21N3OS/c24-17-4-2-1-3-14(17)16-11-15-18(12-5-6-12)19(25-20(15)23-22-16)13-7-9-21-10-8-13/h1-4,11-13,21,24H,5-10H2. The fraction of sp³-hybridized carbons (Fsp3) is 0.400. The Morgan fingerprint density at radius 1 is 1.00 bits per heavy atom. The van der Waals surface area contributed by atoms with Crippen molar-refractivity contribution in [1.82, 2.24) is 15.5 Å². The van der Waals surface area contributed by atoms with Gasteiger partial charge in [-0.2, -0.15) is 0 Å². The highest BCUT2D eigenvalue weighted by Crippen LogP contribution is 2.51. The van der Waals surface area contributed by atoms with Gasteiger partial charge in [0.2, 0.25) is 0 Å². The van der Waals surface area contributed by atoms with Crippen LogP contribution in [-0.4, -0.2) is 28.4 Å². The lowest BCUT2D eigenvalue weighted by Crippen LogP contribution is -2.26. The highest BCUT2D eigenvalue weighted by atomic mass is 32.1. The molecule has 0 amide bonds. The molecule has 3 heterocycles. The van der Waals surface area contributed by atoms with E-state index >= 15 is 0 Å². The molecule has 1 aromatic carbocycles. The number of thiophene rings is 1. The molecule has 2 N–H and O–H groups in total. The molecule has 5 rings (SSSR count). The molecule has 1 aliphatic carbocycles. The molecule has 1 saturated carbocycles. The molecule has 1 aliphatic heterocycles. The monoisotopic (exact) mass is 351 g/mol. The number of aromatic hydroxyl groups is 1. The van der Waals surface area contributed by atoms with Crippen molar-refractivity contribution in [2.75, 3.05) is 13.1 Å². The molecule has 3 aromatic rings. The van der Waals surface area contributed by atoms with E-state index in [0.29, 0.717) is 11.8 Å². The van der Waals surface area contributed by atoms with Crippen LogP contribution >= 0.6 is 11.3 Å². The average molecular weight is 351 g/mol. The summed E-state index contributed by atoms with van der Waals surface area (Å²) in [6, 6.07) is 9.52. The lowest BCUT2D eigenvalue weighted by molar-refractivity contribution is 0.463. The maximum Gasteiger partial charge on any atom is 0.146 e. The van der Waals surface area contributed by atoms with Gasteiger partial charge in [-0.25, -0.2) is 0 Å². The number of hydrogen-bond acceptors (Lipinski definition) is 5. The molecule has 2 fully saturated rings. The Labute approximate surface area is 150 Å². The van der Waals surface area contributed by atoms with Gasteiger partial charge in [0.05, 0.1) is 5.69 Å². The van der Waals surface area contributed by atoms with Crippen LogP contribution in [0.4, 0.5) is 0 Å². The van der Waals surface area contributed by atoms with Crippen molar-refractivity contribution in [3.05, 3.63) is 40.8 Å². The van der Waals surface area contributed by atoms with E-state index in [1.807, 2.05) is 29.5 Å². The van der Waals surface area contributed by atoms with Gasteiger partial charge < -0.3 is 10.4 Å². The summed E-state index contributed by atoms with van der Waals surface area (Å²) in [5, 5.41) is 23.8. The molecule has 0 spiro atoms. The van der Waals surface area contributed by atoms with Crippen LogP contribution in [-0.2, 0) is 0 Å². The number of rotatable bonds is 3. The normalized spacial score (nSPS) is 18.7. The molecular weight excluding hydrogens is 330 g/mol. The Hall–Kier alpha value is -1.98. The van der Waals surface area contributed by atoms with Gasteiger partial charge in [-0.3, -0.25) is 0 Å². The second-order valence-corrected chi connectivity index (χ2v) is 8.17. The van der Waals surface area contributed by atoms with E-state index in [-0.39, 0.29) is 5.75 Å². The molecule has 1 saturated heterocycles. The Kier molecular flexibility index (Phi) is 3.71. The van der Waals surface area contributed by atoms with E-state index in [4.69, 9.17) is 0 Å². The summed E-state index contributed by atoms with van der Waals surface area (Å²) in [6.07, 6.45) is 5.01. The van der Waals surface area contributed by atoms with Crippen LogP contribution in [0.25, 0.3) is 21.5 Å². The fourth-order valence-corrected chi connectivity index (χ4v) is 5.30. The number of hydrogen-bond donors (Lipinski definition) is 2. The number of benzene rings is 1. The van der Waals surface area contributed by atoms with Gasteiger partial charge in [-0.05, 0) is 74.4 Å². The highest BCUT2D eigenvalue weighted by Gasteiger charge is 2.33. The summed E-state index contributed by atoms with van der Waals surface area (Å²) in [5.41, 5.74) is 3.05. The Bertz CT molecular complexity index is 926. The van der Waals surface area contributed by atoms with Gasteiger partial charge in [0, 0.05) is 15.8 Å². The minimum atomic E-state index is 0.262. The second kappa shape index (κ2) is 6.07. The molecular formula is C20H21N3OS. The zero-order valence-corrected chi connectivity index (χ0v) is 14.9. The summed E-state index contributed by atoms with van der Waals surface area (Å²) in [6.45, 7) is 2.22. The minimum absolute atomic E-state index is 0.262. The topological polar surface area (TPSA) is 58.0 Å². The van der Waals surface area contributed by atoms with Gasteiger partial charge in [-0.15, -0.1) is 21.5 Å². The third-order valence-corrected chi connectivity index (χ3v) is 6.67. The molecule has 0 radical (unpaired) electrons. The number of nitrogens with zero attached hydrogens (tertiary/aromatic N) is 2. The van der Waals surface area contributed by atoms with Crippen LogP contribution in [0.5, 0.6) is 5.75 Å². The van der Waals surface area contributed by atoms with Gasteiger partial charge in [0.25, 0.3) is 0 Å². The van der Waals surface area contributed by atoms with E-state index in [0.717, 1.165) is 29.2 Å². The number of phenols is 1. The lowest BCUT2D eigenvalue weighted by atomic mass is 9.91. The Balaban J connectivity index is 1.65. The van der Waals surface area contributed by atoms with Gasteiger partial charge in [-0.1, -0.05) is 12.1 Å². The van der Waals surface area contributed by atoms with Crippen molar-refractivity contribution in [2.45, 2.75) is 37.5 Å². The number of phenolic OH excluding ortho intramolecular Hbond substituents is 1. The molecule has 5 heteroatoms. The quantitative estimate of drug-likeness (QED) is 0.734. The predicted molar refractivity (Wildman–Crippen MR) is 101 cm³/mol. The van der Waals surface area contributed by atoms with Crippen molar-refractivity contribution in [3.63, 3.8) is 0 Å². The van der Waals surface area contributed by atoms with Crippen LogP contribution in [0.3, 0.4) is 0 Å². The van der Waals surface area contributed by atoms with Crippen LogP contribution in [0, 0.1) is 0 Å². The fourth-order valence-electron chi connectivity index (χ4n) is 3.94. The number of piperidine rings is 1. The Morgan fingerprint density at radius 2 is 1.80 bits per heavy atom. The van der Waals surface area contributed by atoms with Crippen molar-refractivity contribution in [2.24, 2.45) is 0 Å². The van der Waals surface area contributed by atoms with Crippen LogP contribution in [0.1, 0.15) is 48.0 Å². The van der Waals surface area contributed by atoms with Crippen molar-refractivity contribution in [1.29, 1.82) is 0 Å². The van der Waals surface area contributed by atoms with E-state index in [1.165, 1.54) is 36.6 Å². The summed E-state index contributed by atoms with van der Waals surface area (Å²) in [7, 11) is 0. The van der Waals surface area contributed by atoms with Gasteiger partial charge >= 0.3 is 0 Å². The maximum absolute atomic E-state index is 10.2. The molecule has 0 bridgehead atoms. The van der Waals surface area contributed by atoms with Crippen molar-refractivity contribution < 1.29 is 5.11 Å². The zero-order chi connectivity index (χ0) is 16.8. The average Bonchev–Trinajstić information content (AvgIpc) is 3.42. The smallest absolute Gasteiger partial charge is 0.146 e. The first-order chi connectivity index (χ1) is 12.3. The minimum Gasteiger partial charge on any atom is -0.507 e. The first-order valence-corrected chi connectivity index (χ1v) is 9.92. The molecule has 2 aromatic heterocycles. The van der Waals surface area contributed by atoms with E-state index in [1.54, 1.807) is 10.9 Å². The predicted octanol–water partition coefficient (Wildman–Crippen LogP) is 4.41. The largest absolute Gasteiger partial charge is 0.507 e. The van der Waals surface area contributed by atoms with Crippen LogP contribution in [0.2, 0.25) is 0 Å². The summed E-state index contributed by atoms with van der Waals surface area (Å²) >= 11 is 1.84. The third-order valence-electron chi connectivity index (χ3n) is 5.40. The SMILES string of the molecule is Oc1ccccc1-c1cc2c(C3CC3)c(C3CCNCC3)sc2nn1. The van der Waals surface area contributed by atoms with E-state index in [9.17, 15) is 5.11 Å². The van der Waals surface area contributed by atoms with E-state index < -0.39 is 0 Å². The summed E-state index contributed by atoms with van der Waals surface area (Å²) < 4.78 is 0. The van der Waals surface area contributed by atoms with E-state index in [2.05, 4.69) is 21.6 Å². The number of aromatic nitrogens is 2. The van der Waals surface area contributed by atoms with Crippen molar-refractivity contribution in [3.8, 4) is 17.0 Å². The number of nitrogens with one attached hydrogen (secondary N) is 1. The highest BCUT2D eigenvalue weighted by molar-refractivity contribution is 7.19. The molecule has 25 heavy (non-hydrogen) atoms. The van der Waals surface area contributed by atoms with Gasteiger partial charge in [0.1, 0.15) is 10.6 Å². The first-order valence-electron chi connectivity index (χ1n) is 9.10. The second-order valence-electron chi connectivity index (χ2n) is 7.14.